The van der Waals surface area contributed by atoms with Gasteiger partial charge in [0.15, 0.2) is 12.2 Å². The fraction of sp³-hybridized carbons (Fsp3) is 0.957. The van der Waals surface area contributed by atoms with Gasteiger partial charge in [0.1, 0.15) is 19.3 Å². The van der Waals surface area contributed by atoms with E-state index in [9.17, 15) is 43.2 Å². The molecule has 0 radical (unpaired) electrons. The molecule has 5 atom stereocenters. The Morgan fingerprint density at radius 1 is 0.239 bits per heavy atom. The van der Waals surface area contributed by atoms with Gasteiger partial charge in [0, 0.05) is 25.7 Å². The molecule has 672 valence electrons. The van der Waals surface area contributed by atoms with Gasteiger partial charge < -0.3 is 33.8 Å². The van der Waals surface area contributed by atoms with Crippen molar-refractivity contribution in [3.63, 3.8) is 0 Å². The molecule has 0 saturated carbocycles. The number of hydrogen-bond donors (Lipinski definition) is 3. The highest BCUT2D eigenvalue weighted by atomic mass is 31.2. The molecular formula is C94H184O17P2. The van der Waals surface area contributed by atoms with Gasteiger partial charge in [0.05, 0.1) is 26.4 Å². The standard InChI is InChI=1S/C94H184O17P2/c1-6-9-12-15-18-21-24-27-29-31-33-35-37-39-41-45-49-54-59-64-69-74-79-93(98)111-90(84-105-92(97)78-73-68-63-58-53-48-44-40-38-36-34-32-30-28-25-22-19-16-13-10-7-2)86-109-113(102,103)107-82-88(95)81-106-112(100,101)108-85-89(83-104-91(96)77-72-67-62-57-52-26-23-20-17-14-11-8-3)110-94(99)80-75-70-65-60-55-50-46-42-43-47-51-56-61-66-71-76-87(4)5/h87-90,95H,6-86H2,1-5H3,(H,100,101)(H,102,103)/t88-,89+,90+/m0/s1. The van der Waals surface area contributed by atoms with Crippen LogP contribution in [-0.4, -0.2) is 96.7 Å². The van der Waals surface area contributed by atoms with Crippen molar-refractivity contribution in [3.05, 3.63) is 0 Å². The summed E-state index contributed by atoms with van der Waals surface area (Å²) in [6.07, 6.45) is 83.5. The van der Waals surface area contributed by atoms with Gasteiger partial charge in [-0.25, -0.2) is 9.13 Å². The molecule has 0 aliphatic heterocycles. The molecule has 0 saturated heterocycles. The highest BCUT2D eigenvalue weighted by Crippen LogP contribution is 2.45. The Labute approximate surface area is 696 Å². The zero-order valence-electron chi connectivity index (χ0n) is 74.5. The first kappa shape index (κ1) is 111. The molecule has 19 heteroatoms. The van der Waals surface area contributed by atoms with E-state index in [2.05, 4.69) is 34.6 Å². The zero-order valence-corrected chi connectivity index (χ0v) is 76.3. The van der Waals surface area contributed by atoms with Crippen LogP contribution in [-0.2, 0) is 65.4 Å². The summed E-state index contributed by atoms with van der Waals surface area (Å²) in [7, 11) is -9.94. The lowest BCUT2D eigenvalue weighted by atomic mass is 10.0. The minimum atomic E-state index is -4.97. The molecule has 3 N–H and O–H groups in total. The van der Waals surface area contributed by atoms with Crippen molar-refractivity contribution in [2.24, 2.45) is 5.92 Å². The summed E-state index contributed by atoms with van der Waals surface area (Å²) in [4.78, 5) is 73.5. The van der Waals surface area contributed by atoms with Gasteiger partial charge in [-0.3, -0.25) is 37.3 Å². The average molecular weight is 1650 g/mol. The Morgan fingerprint density at radius 3 is 0.602 bits per heavy atom. The highest BCUT2D eigenvalue weighted by Gasteiger charge is 2.31. The van der Waals surface area contributed by atoms with Crippen LogP contribution in [0.25, 0.3) is 0 Å². The third-order valence-corrected chi connectivity index (χ3v) is 24.2. The van der Waals surface area contributed by atoms with Crippen molar-refractivity contribution < 1.29 is 80.2 Å². The van der Waals surface area contributed by atoms with Gasteiger partial charge in [-0.2, -0.15) is 0 Å². The van der Waals surface area contributed by atoms with Crippen LogP contribution in [0.3, 0.4) is 0 Å². The first-order valence-electron chi connectivity index (χ1n) is 48.6. The minimum Gasteiger partial charge on any atom is -0.462 e. The fourth-order valence-corrected chi connectivity index (χ4v) is 16.5. The number of unbranched alkanes of at least 4 members (excludes halogenated alkanes) is 66. The summed E-state index contributed by atoms with van der Waals surface area (Å²) < 4.78 is 69.2. The van der Waals surface area contributed by atoms with E-state index < -0.39 is 97.5 Å². The lowest BCUT2D eigenvalue weighted by Crippen LogP contribution is -2.30. The van der Waals surface area contributed by atoms with Gasteiger partial charge in [-0.1, -0.05) is 465 Å². The highest BCUT2D eigenvalue weighted by molar-refractivity contribution is 7.47. The van der Waals surface area contributed by atoms with Crippen molar-refractivity contribution in [2.75, 3.05) is 39.6 Å². The molecule has 0 aromatic heterocycles. The van der Waals surface area contributed by atoms with E-state index >= 15 is 0 Å². The second kappa shape index (κ2) is 86.4. The van der Waals surface area contributed by atoms with Crippen molar-refractivity contribution in [1.82, 2.24) is 0 Å². The third-order valence-electron chi connectivity index (χ3n) is 22.3. The summed E-state index contributed by atoms with van der Waals surface area (Å²) in [5.41, 5.74) is 0. The smallest absolute Gasteiger partial charge is 0.462 e. The number of aliphatic hydroxyl groups is 1. The van der Waals surface area contributed by atoms with Crippen LogP contribution in [0.15, 0.2) is 0 Å². The van der Waals surface area contributed by atoms with Gasteiger partial charge in [-0.05, 0) is 31.6 Å². The Hall–Kier alpha value is -1.94. The maximum Gasteiger partial charge on any atom is 0.472 e. The van der Waals surface area contributed by atoms with Gasteiger partial charge >= 0.3 is 39.5 Å². The predicted octanol–water partition coefficient (Wildman–Crippen LogP) is 29.5. The van der Waals surface area contributed by atoms with Crippen LogP contribution in [0.2, 0.25) is 0 Å². The Balaban J connectivity index is 5.23. The molecule has 0 aliphatic rings. The summed E-state index contributed by atoms with van der Waals surface area (Å²) in [6, 6.07) is 0. The Kier molecular flexibility index (Phi) is 85.0. The van der Waals surface area contributed by atoms with Gasteiger partial charge in [-0.15, -0.1) is 0 Å². The Morgan fingerprint density at radius 2 is 0.407 bits per heavy atom. The summed E-state index contributed by atoms with van der Waals surface area (Å²) in [5.74, 6) is -1.29. The zero-order chi connectivity index (χ0) is 82.6. The molecule has 0 heterocycles. The lowest BCUT2D eigenvalue weighted by molar-refractivity contribution is -0.161. The van der Waals surface area contributed by atoms with Crippen LogP contribution < -0.4 is 0 Å². The second-order valence-corrected chi connectivity index (χ2v) is 37.1. The number of phosphoric ester groups is 2. The van der Waals surface area contributed by atoms with Crippen LogP contribution in [0, 0.1) is 5.92 Å². The Bertz CT molecular complexity index is 2140. The molecule has 0 spiro atoms. The van der Waals surface area contributed by atoms with E-state index in [1.165, 1.54) is 340 Å². The van der Waals surface area contributed by atoms with E-state index in [-0.39, 0.29) is 25.7 Å². The van der Waals surface area contributed by atoms with Crippen molar-refractivity contribution in [3.8, 4) is 0 Å². The van der Waals surface area contributed by atoms with E-state index in [1.807, 2.05) is 0 Å². The molecule has 2 unspecified atom stereocenters. The SMILES string of the molecule is CCCCCCCCCCCCCCCCCCCCCCCCC(=O)O[C@H](COC(=O)CCCCCCCCCCCCCCCCCCCCCCC)COP(=O)(O)OC[C@@H](O)COP(=O)(O)OC[C@@H](COC(=O)CCCCCCCCCCCCCC)OC(=O)CCCCCCCCCCCCCCCCCC(C)C. The normalized spacial score (nSPS) is 13.6. The van der Waals surface area contributed by atoms with Crippen LogP contribution in [0.4, 0.5) is 0 Å². The van der Waals surface area contributed by atoms with Crippen LogP contribution >= 0.6 is 15.6 Å². The largest absolute Gasteiger partial charge is 0.472 e. The molecule has 0 amide bonds. The minimum absolute atomic E-state index is 0.109. The number of hydrogen-bond acceptors (Lipinski definition) is 15. The quantitative estimate of drug-likeness (QED) is 0.0222. The van der Waals surface area contributed by atoms with Crippen molar-refractivity contribution in [2.45, 2.75) is 534 Å². The van der Waals surface area contributed by atoms with E-state index in [0.29, 0.717) is 25.7 Å². The second-order valence-electron chi connectivity index (χ2n) is 34.2. The van der Waals surface area contributed by atoms with E-state index in [0.717, 1.165) is 95.8 Å². The summed E-state index contributed by atoms with van der Waals surface area (Å²) in [6.45, 7) is 7.44. The van der Waals surface area contributed by atoms with Crippen LogP contribution in [0.1, 0.15) is 516 Å². The lowest BCUT2D eigenvalue weighted by Gasteiger charge is -2.21. The maximum absolute atomic E-state index is 13.2. The average Bonchev–Trinajstić information content (AvgIpc) is 0.936. The molecule has 113 heavy (non-hydrogen) atoms. The molecular weight excluding hydrogens is 1460 g/mol. The molecule has 0 aliphatic carbocycles. The molecule has 0 bridgehead atoms. The summed E-state index contributed by atoms with van der Waals surface area (Å²) >= 11 is 0. The number of rotatable bonds is 94. The molecule has 0 fully saturated rings. The topological polar surface area (TPSA) is 237 Å². The number of carbonyl (C=O) groups excluding carboxylic acids is 4. The fourth-order valence-electron chi connectivity index (χ4n) is 14.9. The van der Waals surface area contributed by atoms with Crippen molar-refractivity contribution in [1.29, 1.82) is 0 Å². The summed E-state index contributed by atoms with van der Waals surface area (Å²) in [5, 5.41) is 10.7. The number of phosphoric acid groups is 2. The number of carbonyl (C=O) groups is 4. The maximum atomic E-state index is 13.2. The molecule has 0 aromatic carbocycles. The predicted molar refractivity (Wildman–Crippen MR) is 469 cm³/mol. The number of ether oxygens (including phenoxy) is 4. The van der Waals surface area contributed by atoms with Crippen molar-refractivity contribution >= 4 is 39.5 Å². The van der Waals surface area contributed by atoms with Gasteiger partial charge in [0.2, 0.25) is 0 Å². The monoisotopic (exact) mass is 1650 g/mol. The first-order chi connectivity index (χ1) is 55.0. The number of esters is 4. The number of aliphatic hydroxyl groups excluding tert-OH is 1. The molecule has 0 rings (SSSR count). The molecule has 0 aromatic rings. The first-order valence-corrected chi connectivity index (χ1v) is 51.6. The molecule has 17 nitrogen and oxygen atoms in total. The third kappa shape index (κ3) is 87.7. The van der Waals surface area contributed by atoms with E-state index in [4.69, 9.17) is 37.0 Å². The van der Waals surface area contributed by atoms with Gasteiger partial charge in [0.25, 0.3) is 0 Å². The van der Waals surface area contributed by atoms with E-state index in [1.54, 1.807) is 0 Å². The van der Waals surface area contributed by atoms with Crippen LogP contribution in [0.5, 0.6) is 0 Å².